The zero-order valence-corrected chi connectivity index (χ0v) is 12.6. The fourth-order valence-electron chi connectivity index (χ4n) is 2.68. The number of anilines is 1. The van der Waals surface area contributed by atoms with E-state index in [0.717, 1.165) is 10.8 Å². The molecule has 0 aliphatic heterocycles. The molecule has 5 heteroatoms. The topological polar surface area (TPSA) is 74.8 Å². The van der Waals surface area contributed by atoms with E-state index in [1.165, 1.54) is 6.07 Å². The van der Waals surface area contributed by atoms with Gasteiger partial charge in [0.25, 0.3) is 5.91 Å². The predicted molar refractivity (Wildman–Crippen MR) is 94.3 cm³/mol. The molecule has 0 aliphatic carbocycles. The average Bonchev–Trinajstić information content (AvgIpc) is 2.61. The number of hydrogen-bond donors (Lipinski definition) is 2. The quantitative estimate of drug-likeness (QED) is 0.596. The molecule has 2 aromatic heterocycles. The van der Waals surface area contributed by atoms with E-state index in [1.54, 1.807) is 48.9 Å². The minimum atomic E-state index is -0.210. The molecule has 0 fully saturated rings. The molecule has 116 valence electrons. The highest BCUT2D eigenvalue weighted by atomic mass is 16.1. The van der Waals surface area contributed by atoms with Crippen LogP contribution in [-0.4, -0.2) is 15.9 Å². The largest absolute Gasteiger partial charge is 0.361 e. The first-order valence-corrected chi connectivity index (χ1v) is 7.47. The fraction of sp³-hybridized carbons (Fsp3) is 0. The number of pyridine rings is 2. The van der Waals surface area contributed by atoms with Crippen molar-refractivity contribution in [1.82, 2.24) is 9.97 Å². The average molecular weight is 315 g/mol. The Morgan fingerprint density at radius 1 is 1.00 bits per heavy atom. The van der Waals surface area contributed by atoms with Gasteiger partial charge >= 0.3 is 0 Å². The third-order valence-corrected chi connectivity index (χ3v) is 3.92. The molecule has 0 saturated heterocycles. The second kappa shape index (κ2) is 5.62. The summed E-state index contributed by atoms with van der Waals surface area (Å²) in [5.41, 5.74) is 1.81. The van der Waals surface area contributed by atoms with Crippen molar-refractivity contribution in [2.45, 2.75) is 0 Å². The molecule has 0 spiro atoms. The number of nitrogens with one attached hydrogen (secondary N) is 2. The van der Waals surface area contributed by atoms with Crippen LogP contribution in [0.5, 0.6) is 0 Å². The highest BCUT2D eigenvalue weighted by molar-refractivity contribution is 6.07. The van der Waals surface area contributed by atoms with Crippen molar-refractivity contribution in [1.29, 1.82) is 0 Å². The van der Waals surface area contributed by atoms with Gasteiger partial charge in [0.05, 0.1) is 5.52 Å². The molecule has 0 bridgehead atoms. The number of benzene rings is 2. The Balaban J connectivity index is 1.66. The summed E-state index contributed by atoms with van der Waals surface area (Å²) in [5.74, 6) is -0.210. The van der Waals surface area contributed by atoms with Crippen LogP contribution >= 0.6 is 0 Å². The van der Waals surface area contributed by atoms with E-state index in [0.29, 0.717) is 22.2 Å². The highest BCUT2D eigenvalue weighted by Gasteiger charge is 2.08. The maximum atomic E-state index is 12.5. The van der Waals surface area contributed by atoms with Gasteiger partial charge < -0.3 is 10.3 Å². The third kappa shape index (κ3) is 2.52. The lowest BCUT2D eigenvalue weighted by atomic mass is 10.1. The molecule has 2 N–H and O–H groups in total. The maximum Gasteiger partial charge on any atom is 0.255 e. The number of H-pyrrole nitrogens is 1. The van der Waals surface area contributed by atoms with Crippen LogP contribution in [0.2, 0.25) is 0 Å². The van der Waals surface area contributed by atoms with Gasteiger partial charge in [0.2, 0.25) is 0 Å². The van der Waals surface area contributed by atoms with Crippen LogP contribution in [0.3, 0.4) is 0 Å². The second-order valence-corrected chi connectivity index (χ2v) is 5.49. The van der Waals surface area contributed by atoms with Gasteiger partial charge in [-0.15, -0.1) is 0 Å². The van der Waals surface area contributed by atoms with Crippen molar-refractivity contribution < 1.29 is 4.79 Å². The lowest BCUT2D eigenvalue weighted by Crippen LogP contribution is -2.12. The van der Waals surface area contributed by atoms with Gasteiger partial charge in [-0.3, -0.25) is 14.6 Å². The number of carbonyl (C=O) groups excluding carboxylic acids is 1. The first kappa shape index (κ1) is 14.1. The Morgan fingerprint density at radius 3 is 2.83 bits per heavy atom. The van der Waals surface area contributed by atoms with Crippen LogP contribution in [-0.2, 0) is 0 Å². The van der Waals surface area contributed by atoms with Crippen molar-refractivity contribution in [3.05, 3.63) is 82.9 Å². The Hall–Kier alpha value is -3.47. The molecule has 0 saturated carbocycles. The van der Waals surface area contributed by atoms with Gasteiger partial charge in [-0.1, -0.05) is 6.07 Å². The summed E-state index contributed by atoms with van der Waals surface area (Å²) >= 11 is 0. The number of aromatic nitrogens is 2. The first-order chi connectivity index (χ1) is 11.7. The lowest BCUT2D eigenvalue weighted by molar-refractivity contribution is 0.102. The molecular weight excluding hydrogens is 302 g/mol. The number of amides is 1. The molecule has 2 aromatic carbocycles. The molecule has 0 unspecified atom stereocenters. The van der Waals surface area contributed by atoms with Gasteiger partial charge in [0, 0.05) is 46.7 Å². The lowest BCUT2D eigenvalue weighted by Gasteiger charge is -2.07. The highest BCUT2D eigenvalue weighted by Crippen LogP contribution is 2.18. The second-order valence-electron chi connectivity index (χ2n) is 5.49. The number of aromatic amines is 1. The van der Waals surface area contributed by atoms with E-state index in [-0.39, 0.29) is 11.3 Å². The number of fused-ring (bicyclic) bond motifs is 2. The number of nitrogens with zero attached hydrogens (tertiary/aromatic N) is 1. The predicted octanol–water partition coefficient (Wildman–Crippen LogP) is 3.33. The van der Waals surface area contributed by atoms with Crippen LogP contribution in [0.1, 0.15) is 10.4 Å². The number of hydrogen-bond acceptors (Lipinski definition) is 3. The molecule has 4 rings (SSSR count). The molecule has 0 radical (unpaired) electrons. The van der Waals surface area contributed by atoms with Gasteiger partial charge in [0.15, 0.2) is 5.43 Å². The van der Waals surface area contributed by atoms with Gasteiger partial charge in [-0.25, -0.2) is 0 Å². The van der Waals surface area contributed by atoms with Crippen molar-refractivity contribution >= 4 is 33.3 Å². The fourth-order valence-corrected chi connectivity index (χ4v) is 2.68. The molecule has 24 heavy (non-hydrogen) atoms. The summed E-state index contributed by atoms with van der Waals surface area (Å²) in [5, 5.41) is 5.39. The van der Waals surface area contributed by atoms with E-state index < -0.39 is 0 Å². The third-order valence-electron chi connectivity index (χ3n) is 3.92. The first-order valence-electron chi connectivity index (χ1n) is 7.47. The standard InChI is InChI=1S/C19H13N3O2/c23-18-6-8-21-17-10-15(3-4-16(17)18)22-19(24)13-2-1-12-5-7-20-11-14(12)9-13/h1-11H,(H,21,23)(H,22,24). The van der Waals surface area contributed by atoms with Crippen molar-refractivity contribution in [2.24, 2.45) is 0 Å². The molecule has 0 aliphatic rings. The Kier molecular flexibility index (Phi) is 3.31. The summed E-state index contributed by atoms with van der Waals surface area (Å²) in [6.45, 7) is 0. The Bertz CT molecular complexity index is 1130. The van der Waals surface area contributed by atoms with Crippen LogP contribution < -0.4 is 10.7 Å². The molecule has 5 nitrogen and oxygen atoms in total. The van der Waals surface area contributed by atoms with E-state index in [9.17, 15) is 9.59 Å². The Labute approximate surface area is 137 Å². The summed E-state index contributed by atoms with van der Waals surface area (Å²) in [6, 6.07) is 14.0. The zero-order chi connectivity index (χ0) is 16.5. The van der Waals surface area contributed by atoms with E-state index in [2.05, 4.69) is 15.3 Å². The van der Waals surface area contributed by atoms with Crippen molar-refractivity contribution in [2.75, 3.05) is 5.32 Å². The number of carbonyl (C=O) groups is 1. The molecular formula is C19H13N3O2. The monoisotopic (exact) mass is 315 g/mol. The van der Waals surface area contributed by atoms with E-state index >= 15 is 0 Å². The molecule has 0 atom stereocenters. The van der Waals surface area contributed by atoms with E-state index in [1.807, 2.05) is 12.1 Å². The SMILES string of the molecule is O=C(Nc1ccc2c(=O)cc[nH]c2c1)c1ccc2ccncc2c1. The van der Waals surface area contributed by atoms with Gasteiger partial charge in [-0.05, 0) is 41.8 Å². The summed E-state index contributed by atoms with van der Waals surface area (Å²) in [4.78, 5) is 31.3. The van der Waals surface area contributed by atoms with Gasteiger partial charge in [-0.2, -0.15) is 0 Å². The summed E-state index contributed by atoms with van der Waals surface area (Å²) < 4.78 is 0. The zero-order valence-electron chi connectivity index (χ0n) is 12.6. The maximum absolute atomic E-state index is 12.5. The molecule has 4 aromatic rings. The molecule has 1 amide bonds. The van der Waals surface area contributed by atoms with E-state index in [4.69, 9.17) is 0 Å². The summed E-state index contributed by atoms with van der Waals surface area (Å²) in [7, 11) is 0. The smallest absolute Gasteiger partial charge is 0.255 e. The van der Waals surface area contributed by atoms with Crippen LogP contribution in [0.4, 0.5) is 5.69 Å². The van der Waals surface area contributed by atoms with Crippen LogP contribution in [0.15, 0.2) is 71.9 Å². The van der Waals surface area contributed by atoms with Crippen molar-refractivity contribution in [3.8, 4) is 0 Å². The Morgan fingerprint density at radius 2 is 1.92 bits per heavy atom. The van der Waals surface area contributed by atoms with Crippen LogP contribution in [0.25, 0.3) is 21.7 Å². The normalized spacial score (nSPS) is 10.8. The van der Waals surface area contributed by atoms with Gasteiger partial charge in [0.1, 0.15) is 0 Å². The number of rotatable bonds is 2. The molecule has 2 heterocycles. The minimum Gasteiger partial charge on any atom is -0.361 e. The van der Waals surface area contributed by atoms with Crippen molar-refractivity contribution in [3.63, 3.8) is 0 Å². The van der Waals surface area contributed by atoms with Crippen LogP contribution in [0, 0.1) is 0 Å². The minimum absolute atomic E-state index is 0.0522. The summed E-state index contributed by atoms with van der Waals surface area (Å²) in [6.07, 6.45) is 5.04.